The van der Waals surface area contributed by atoms with Crippen molar-refractivity contribution >= 4 is 16.7 Å². The van der Waals surface area contributed by atoms with Gasteiger partial charge in [0.2, 0.25) is 0 Å². The molecule has 7 heterocycles. The van der Waals surface area contributed by atoms with E-state index in [-0.39, 0.29) is 41.2 Å². The first-order valence-corrected chi connectivity index (χ1v) is 16.0. The number of pyridine rings is 1. The largest absolute Gasteiger partial charge is 0.508 e. The first-order chi connectivity index (χ1) is 20.9. The molecule has 10 heteroatoms. The molecule has 1 aromatic carbocycles. The van der Waals surface area contributed by atoms with Gasteiger partial charge in [-0.25, -0.2) is 8.78 Å². The van der Waals surface area contributed by atoms with Crippen molar-refractivity contribution < 1.29 is 23.4 Å². The van der Waals surface area contributed by atoms with Gasteiger partial charge in [0.1, 0.15) is 35.6 Å². The number of ether oxygens (including phenoxy) is 2. The molecule has 0 aliphatic carbocycles. The van der Waals surface area contributed by atoms with Crippen LogP contribution in [0.3, 0.4) is 0 Å². The zero-order chi connectivity index (χ0) is 29.6. The predicted molar refractivity (Wildman–Crippen MR) is 161 cm³/mol. The van der Waals surface area contributed by atoms with Gasteiger partial charge in [0.05, 0.1) is 17.0 Å². The van der Waals surface area contributed by atoms with E-state index < -0.39 is 12.0 Å². The third kappa shape index (κ3) is 5.52. The molecule has 0 spiro atoms. The summed E-state index contributed by atoms with van der Waals surface area (Å²) in [4.78, 5) is 18.5. The van der Waals surface area contributed by atoms with Crippen molar-refractivity contribution in [2.75, 3.05) is 44.3 Å². The SMILES string of the molecule is Cc1cc(O)cc2c1CCCCCO[C@@H]1CCCCN(C1)c1nc(OCC34CCCN3C[C@H](F)C4)nc3c(F)c-2ncc13. The normalized spacial score (nSPS) is 26.5. The van der Waals surface area contributed by atoms with Crippen molar-refractivity contribution in [3.63, 3.8) is 0 Å². The van der Waals surface area contributed by atoms with Gasteiger partial charge in [-0.1, -0.05) is 6.42 Å². The molecule has 230 valence electrons. The van der Waals surface area contributed by atoms with Gasteiger partial charge in [-0.3, -0.25) is 9.88 Å². The molecular weight excluding hydrogens is 552 g/mol. The molecule has 5 aliphatic heterocycles. The zero-order valence-corrected chi connectivity index (χ0v) is 25.0. The lowest BCUT2D eigenvalue weighted by Crippen LogP contribution is -2.43. The van der Waals surface area contributed by atoms with Gasteiger partial charge < -0.3 is 19.5 Å². The van der Waals surface area contributed by atoms with Gasteiger partial charge in [0, 0.05) is 44.4 Å². The van der Waals surface area contributed by atoms with Crippen molar-refractivity contribution in [1.82, 2.24) is 19.9 Å². The Morgan fingerprint density at radius 2 is 2.00 bits per heavy atom. The molecule has 8 nitrogen and oxygen atoms in total. The van der Waals surface area contributed by atoms with Crippen LogP contribution in [-0.2, 0) is 11.2 Å². The summed E-state index contributed by atoms with van der Waals surface area (Å²) in [5, 5.41) is 11.0. The second-order valence-corrected chi connectivity index (χ2v) is 12.9. The Morgan fingerprint density at radius 3 is 2.91 bits per heavy atom. The van der Waals surface area contributed by atoms with E-state index in [0.717, 1.165) is 82.0 Å². The van der Waals surface area contributed by atoms with Crippen LogP contribution in [0, 0.1) is 12.7 Å². The number of anilines is 1. The lowest BCUT2D eigenvalue weighted by Gasteiger charge is -2.31. The third-order valence-corrected chi connectivity index (χ3v) is 9.94. The van der Waals surface area contributed by atoms with E-state index in [1.54, 1.807) is 18.3 Å². The van der Waals surface area contributed by atoms with Gasteiger partial charge in [0.15, 0.2) is 5.82 Å². The molecule has 0 saturated carbocycles. The maximum atomic E-state index is 16.7. The van der Waals surface area contributed by atoms with Gasteiger partial charge in [-0.05, 0) is 88.1 Å². The number of phenols is 1. The molecule has 3 fully saturated rings. The minimum absolute atomic E-state index is 0.0544. The number of alkyl halides is 1. The average molecular weight is 594 g/mol. The first kappa shape index (κ1) is 28.6. The quantitative estimate of drug-likeness (QED) is 0.402. The van der Waals surface area contributed by atoms with E-state index >= 15 is 4.39 Å². The van der Waals surface area contributed by atoms with Crippen LogP contribution in [-0.4, -0.2) is 82.2 Å². The Balaban J connectivity index is 1.36. The highest BCUT2D eigenvalue weighted by Gasteiger charge is 2.49. The number of aryl methyl sites for hydroxylation is 1. The second-order valence-electron chi connectivity index (χ2n) is 12.9. The van der Waals surface area contributed by atoms with E-state index in [1.165, 1.54) is 0 Å². The molecule has 43 heavy (non-hydrogen) atoms. The highest BCUT2D eigenvalue weighted by Crippen LogP contribution is 2.41. The Labute approximate surface area is 251 Å². The Bertz CT molecular complexity index is 1510. The molecular formula is C33H41F2N5O3. The molecule has 0 radical (unpaired) electrons. The third-order valence-electron chi connectivity index (χ3n) is 9.94. The molecule has 3 saturated heterocycles. The van der Waals surface area contributed by atoms with E-state index in [2.05, 4.69) is 19.8 Å². The smallest absolute Gasteiger partial charge is 0.319 e. The molecule has 1 N–H and O–H groups in total. The molecule has 3 aromatic rings. The Hall–Kier alpha value is -3.11. The molecule has 0 amide bonds. The molecule has 1 unspecified atom stereocenters. The summed E-state index contributed by atoms with van der Waals surface area (Å²) in [6, 6.07) is 3.42. The Morgan fingerprint density at radius 1 is 1.09 bits per heavy atom. The van der Waals surface area contributed by atoms with Crippen LogP contribution in [0.4, 0.5) is 14.6 Å². The van der Waals surface area contributed by atoms with Crippen molar-refractivity contribution in [3.05, 3.63) is 35.3 Å². The van der Waals surface area contributed by atoms with E-state index in [0.29, 0.717) is 42.9 Å². The average Bonchev–Trinajstić information content (AvgIpc) is 3.39. The number of aromatic nitrogens is 3. The maximum absolute atomic E-state index is 16.7. The second kappa shape index (κ2) is 11.8. The maximum Gasteiger partial charge on any atom is 0.319 e. The zero-order valence-electron chi connectivity index (χ0n) is 25.0. The number of nitrogens with zero attached hydrogens (tertiary/aromatic N) is 5. The van der Waals surface area contributed by atoms with Gasteiger partial charge in [0.25, 0.3) is 0 Å². The molecule has 5 aliphatic rings. The summed E-state index contributed by atoms with van der Waals surface area (Å²) in [6.45, 7) is 5.60. The fourth-order valence-corrected chi connectivity index (χ4v) is 7.77. The van der Waals surface area contributed by atoms with Crippen LogP contribution >= 0.6 is 0 Å². The van der Waals surface area contributed by atoms with Crippen molar-refractivity contribution in [2.45, 2.75) is 88.9 Å². The number of benzene rings is 1. The summed E-state index contributed by atoms with van der Waals surface area (Å²) in [5.41, 5.74) is 2.39. The monoisotopic (exact) mass is 593 g/mol. The minimum Gasteiger partial charge on any atom is -0.508 e. The molecule has 2 aromatic heterocycles. The van der Waals surface area contributed by atoms with E-state index in [9.17, 15) is 9.50 Å². The van der Waals surface area contributed by atoms with Gasteiger partial charge >= 0.3 is 6.01 Å². The van der Waals surface area contributed by atoms with Gasteiger partial charge in [-0.2, -0.15) is 9.97 Å². The van der Waals surface area contributed by atoms with Crippen molar-refractivity contribution in [2.24, 2.45) is 0 Å². The fraction of sp³-hybridized carbons (Fsp3) is 0.606. The number of fused-ring (bicyclic) bond motifs is 7. The summed E-state index contributed by atoms with van der Waals surface area (Å²) in [5.74, 6) is 0.104. The van der Waals surface area contributed by atoms with Crippen LogP contribution in [0.2, 0.25) is 0 Å². The van der Waals surface area contributed by atoms with Crippen LogP contribution in [0.5, 0.6) is 11.8 Å². The minimum atomic E-state index is -0.871. The summed E-state index contributed by atoms with van der Waals surface area (Å²) < 4.78 is 43.8. The predicted octanol–water partition coefficient (Wildman–Crippen LogP) is 5.90. The highest BCUT2D eigenvalue weighted by molar-refractivity contribution is 5.92. The number of hydrogen-bond acceptors (Lipinski definition) is 8. The molecule has 3 atom stereocenters. The number of rotatable bonds is 3. The van der Waals surface area contributed by atoms with Crippen LogP contribution in [0.1, 0.15) is 68.9 Å². The summed E-state index contributed by atoms with van der Waals surface area (Å²) >= 11 is 0. The van der Waals surface area contributed by atoms with Crippen LogP contribution < -0.4 is 9.64 Å². The first-order valence-electron chi connectivity index (χ1n) is 16.0. The van der Waals surface area contributed by atoms with Crippen LogP contribution in [0.25, 0.3) is 22.2 Å². The number of aromatic hydroxyl groups is 1. The number of hydrogen-bond donors (Lipinski definition) is 1. The highest BCUT2D eigenvalue weighted by atomic mass is 19.1. The fourth-order valence-electron chi connectivity index (χ4n) is 7.77. The van der Waals surface area contributed by atoms with Crippen molar-refractivity contribution in [3.8, 4) is 23.0 Å². The standard InChI is InChI=1S/C33H41F2N5O3/c1-21-14-23(41)15-26-25(21)9-3-2-6-13-42-24-8-4-5-11-39(19-24)31-27-17-36-29(26)28(35)30(27)37-32(38-31)43-20-33-10-7-12-40(33)18-22(34)16-33/h14-15,17,22,24,41H,2-13,16,18-20H2,1H3/t22-,24-,33?/m1/s1. The molecule has 8 rings (SSSR count). The van der Waals surface area contributed by atoms with Gasteiger partial charge in [-0.15, -0.1) is 0 Å². The van der Waals surface area contributed by atoms with E-state index in [4.69, 9.17) is 14.5 Å². The Kier molecular flexibility index (Phi) is 7.84. The summed E-state index contributed by atoms with van der Waals surface area (Å²) in [6.07, 6.45) is 9.75. The number of halogens is 2. The lowest BCUT2D eigenvalue weighted by molar-refractivity contribution is 0.0515. The van der Waals surface area contributed by atoms with Crippen molar-refractivity contribution in [1.29, 1.82) is 0 Å². The number of phenolic OH excluding ortho intramolecular Hbond substituents is 1. The molecule has 6 bridgehead atoms. The summed E-state index contributed by atoms with van der Waals surface area (Å²) in [7, 11) is 0. The van der Waals surface area contributed by atoms with Crippen LogP contribution in [0.15, 0.2) is 18.3 Å². The topological polar surface area (TPSA) is 83.8 Å². The van der Waals surface area contributed by atoms with E-state index in [1.807, 2.05) is 6.92 Å². The lowest BCUT2D eigenvalue weighted by atomic mass is 9.93.